The average molecular weight is 280 g/mol. The van der Waals surface area contributed by atoms with Gasteiger partial charge in [-0.2, -0.15) is 0 Å². The fourth-order valence-electron chi connectivity index (χ4n) is 3.64. The van der Waals surface area contributed by atoms with Crippen molar-refractivity contribution in [3.63, 3.8) is 0 Å². The second-order valence-corrected chi connectivity index (χ2v) is 7.91. The molecule has 0 bridgehead atoms. The zero-order chi connectivity index (χ0) is 14.0. The standard InChI is InChI=1S/C16H28N2S/c1-11-6-7-13(14(8-11)17-5)16(3,4)9-15-18-12(2)10-19-15/h10-11,13-14,17H,6-9H2,1-5H3. The van der Waals surface area contributed by atoms with Gasteiger partial charge in [0.1, 0.15) is 0 Å². The SMILES string of the molecule is CNC1CC(C)CCC1C(C)(C)Cc1nc(C)cs1. The van der Waals surface area contributed by atoms with Crippen molar-refractivity contribution in [1.29, 1.82) is 0 Å². The van der Waals surface area contributed by atoms with Crippen LogP contribution in [0.15, 0.2) is 5.38 Å². The molecule has 0 amide bonds. The maximum Gasteiger partial charge on any atom is 0.0933 e. The molecule has 19 heavy (non-hydrogen) atoms. The molecule has 0 aromatic carbocycles. The predicted octanol–water partition coefficient (Wildman–Crippen LogP) is 4.04. The highest BCUT2D eigenvalue weighted by molar-refractivity contribution is 7.09. The number of nitrogens with zero attached hydrogens (tertiary/aromatic N) is 1. The van der Waals surface area contributed by atoms with E-state index >= 15 is 0 Å². The topological polar surface area (TPSA) is 24.9 Å². The van der Waals surface area contributed by atoms with E-state index in [1.165, 1.54) is 30.0 Å². The molecule has 3 atom stereocenters. The molecule has 0 spiro atoms. The van der Waals surface area contributed by atoms with Gasteiger partial charge in [0.2, 0.25) is 0 Å². The first-order valence-corrected chi connectivity index (χ1v) is 8.38. The number of thiazole rings is 1. The molecule has 108 valence electrons. The largest absolute Gasteiger partial charge is 0.317 e. The third kappa shape index (κ3) is 3.57. The summed E-state index contributed by atoms with van der Waals surface area (Å²) in [4.78, 5) is 4.65. The van der Waals surface area contributed by atoms with Crippen LogP contribution >= 0.6 is 11.3 Å². The molecule has 3 heteroatoms. The Morgan fingerprint density at radius 2 is 2.16 bits per heavy atom. The second-order valence-electron chi connectivity index (χ2n) is 6.97. The summed E-state index contributed by atoms with van der Waals surface area (Å²) in [6.07, 6.45) is 5.16. The minimum Gasteiger partial charge on any atom is -0.317 e. The van der Waals surface area contributed by atoms with E-state index < -0.39 is 0 Å². The molecule has 1 aliphatic rings. The normalized spacial score (nSPS) is 28.6. The van der Waals surface area contributed by atoms with Crippen LogP contribution in [-0.4, -0.2) is 18.1 Å². The molecule has 1 aromatic rings. The third-order valence-electron chi connectivity index (χ3n) is 4.76. The highest BCUT2D eigenvalue weighted by Crippen LogP contribution is 2.42. The van der Waals surface area contributed by atoms with Gasteiger partial charge in [0.15, 0.2) is 0 Å². The molecule has 0 radical (unpaired) electrons. The summed E-state index contributed by atoms with van der Waals surface area (Å²) in [7, 11) is 2.12. The Hall–Kier alpha value is -0.410. The molecular weight excluding hydrogens is 252 g/mol. The van der Waals surface area contributed by atoms with E-state index in [2.05, 4.69) is 50.4 Å². The molecule has 1 aromatic heterocycles. The second kappa shape index (κ2) is 5.92. The molecular formula is C16H28N2S. The maximum atomic E-state index is 4.65. The zero-order valence-electron chi connectivity index (χ0n) is 13.0. The summed E-state index contributed by atoms with van der Waals surface area (Å²) in [5.41, 5.74) is 1.50. The lowest BCUT2D eigenvalue weighted by atomic mass is 9.65. The van der Waals surface area contributed by atoms with Crippen LogP contribution in [0.25, 0.3) is 0 Å². The van der Waals surface area contributed by atoms with Gasteiger partial charge in [0.05, 0.1) is 5.01 Å². The van der Waals surface area contributed by atoms with Crippen LogP contribution < -0.4 is 5.32 Å². The number of nitrogens with one attached hydrogen (secondary N) is 1. The molecule has 0 aliphatic heterocycles. The summed E-state index contributed by atoms with van der Waals surface area (Å²) >= 11 is 1.82. The van der Waals surface area contributed by atoms with Crippen molar-refractivity contribution < 1.29 is 0 Å². The predicted molar refractivity (Wildman–Crippen MR) is 83.7 cm³/mol. The summed E-state index contributed by atoms with van der Waals surface area (Å²) < 4.78 is 0. The lowest BCUT2D eigenvalue weighted by Crippen LogP contribution is -2.46. The smallest absolute Gasteiger partial charge is 0.0933 e. The van der Waals surface area contributed by atoms with E-state index in [9.17, 15) is 0 Å². The molecule has 3 unspecified atom stereocenters. The number of aryl methyl sites for hydroxylation is 1. The van der Waals surface area contributed by atoms with Crippen molar-refractivity contribution in [2.75, 3.05) is 7.05 Å². The van der Waals surface area contributed by atoms with Gasteiger partial charge in [0, 0.05) is 23.5 Å². The van der Waals surface area contributed by atoms with Crippen molar-refractivity contribution in [2.24, 2.45) is 17.3 Å². The fourth-order valence-corrected chi connectivity index (χ4v) is 4.65. The lowest BCUT2D eigenvalue weighted by Gasteiger charge is -2.44. The summed E-state index contributed by atoms with van der Waals surface area (Å²) in [5.74, 6) is 1.63. The molecule has 2 nitrogen and oxygen atoms in total. The van der Waals surface area contributed by atoms with E-state index in [4.69, 9.17) is 0 Å². The van der Waals surface area contributed by atoms with Gasteiger partial charge in [-0.3, -0.25) is 0 Å². The molecule has 1 N–H and O–H groups in total. The van der Waals surface area contributed by atoms with Crippen LogP contribution in [0.1, 0.15) is 50.7 Å². The summed E-state index contributed by atoms with van der Waals surface area (Å²) in [6.45, 7) is 9.33. The van der Waals surface area contributed by atoms with Crippen LogP contribution in [0.5, 0.6) is 0 Å². The fraction of sp³-hybridized carbons (Fsp3) is 0.812. The van der Waals surface area contributed by atoms with Crippen molar-refractivity contribution in [3.05, 3.63) is 16.1 Å². The number of aromatic nitrogens is 1. The number of hydrogen-bond acceptors (Lipinski definition) is 3. The van der Waals surface area contributed by atoms with Crippen molar-refractivity contribution in [1.82, 2.24) is 10.3 Å². The van der Waals surface area contributed by atoms with Crippen LogP contribution in [0.3, 0.4) is 0 Å². The Labute approximate surface area is 122 Å². The van der Waals surface area contributed by atoms with E-state index in [1.807, 2.05) is 11.3 Å². The van der Waals surface area contributed by atoms with Crippen LogP contribution in [0, 0.1) is 24.2 Å². The Kier molecular flexibility index (Phi) is 4.67. The van der Waals surface area contributed by atoms with Crippen LogP contribution in [-0.2, 0) is 6.42 Å². The Balaban J connectivity index is 2.09. The maximum absolute atomic E-state index is 4.65. The van der Waals surface area contributed by atoms with Gasteiger partial charge < -0.3 is 5.32 Å². The third-order valence-corrected chi connectivity index (χ3v) is 5.73. The Morgan fingerprint density at radius 1 is 1.42 bits per heavy atom. The van der Waals surface area contributed by atoms with Gasteiger partial charge in [-0.1, -0.05) is 27.2 Å². The minimum atomic E-state index is 0.331. The van der Waals surface area contributed by atoms with Gasteiger partial charge in [-0.05, 0) is 44.1 Å². The monoisotopic (exact) mass is 280 g/mol. The van der Waals surface area contributed by atoms with E-state index in [-0.39, 0.29) is 0 Å². The van der Waals surface area contributed by atoms with Gasteiger partial charge in [-0.15, -0.1) is 11.3 Å². The molecule has 1 fully saturated rings. The quantitative estimate of drug-likeness (QED) is 0.900. The molecule has 1 aliphatic carbocycles. The average Bonchev–Trinajstić information content (AvgIpc) is 2.73. The van der Waals surface area contributed by atoms with E-state index in [1.54, 1.807) is 0 Å². The highest BCUT2D eigenvalue weighted by atomic mass is 32.1. The van der Waals surface area contributed by atoms with E-state index in [0.29, 0.717) is 11.5 Å². The Bertz CT molecular complexity index is 411. The van der Waals surface area contributed by atoms with Crippen LogP contribution in [0.2, 0.25) is 0 Å². The molecule has 0 saturated heterocycles. The first-order valence-electron chi connectivity index (χ1n) is 7.50. The van der Waals surface area contributed by atoms with Crippen molar-refractivity contribution in [2.45, 2.75) is 59.4 Å². The lowest BCUT2D eigenvalue weighted by molar-refractivity contribution is 0.0980. The summed E-state index contributed by atoms with van der Waals surface area (Å²) in [6, 6.07) is 0.666. The van der Waals surface area contributed by atoms with Gasteiger partial charge in [0.25, 0.3) is 0 Å². The zero-order valence-corrected chi connectivity index (χ0v) is 13.8. The summed E-state index contributed by atoms with van der Waals surface area (Å²) in [5, 5.41) is 7.04. The first-order chi connectivity index (χ1) is 8.92. The first kappa shape index (κ1) is 15.0. The molecule has 1 heterocycles. The molecule has 2 rings (SSSR count). The van der Waals surface area contributed by atoms with Crippen LogP contribution in [0.4, 0.5) is 0 Å². The number of rotatable bonds is 4. The number of hydrogen-bond donors (Lipinski definition) is 1. The van der Waals surface area contributed by atoms with Crippen molar-refractivity contribution >= 4 is 11.3 Å². The minimum absolute atomic E-state index is 0.331. The van der Waals surface area contributed by atoms with Gasteiger partial charge in [-0.25, -0.2) is 4.98 Å². The highest BCUT2D eigenvalue weighted by Gasteiger charge is 2.38. The van der Waals surface area contributed by atoms with Gasteiger partial charge >= 0.3 is 0 Å². The Morgan fingerprint density at radius 3 is 2.74 bits per heavy atom. The van der Waals surface area contributed by atoms with Crippen molar-refractivity contribution in [3.8, 4) is 0 Å². The molecule has 1 saturated carbocycles. The van der Waals surface area contributed by atoms with E-state index in [0.717, 1.165) is 18.3 Å².